The van der Waals surface area contributed by atoms with E-state index in [1.807, 2.05) is 0 Å². The van der Waals surface area contributed by atoms with E-state index in [4.69, 9.17) is 0 Å². The lowest BCUT2D eigenvalue weighted by atomic mass is 9.94. The molecule has 0 heterocycles. The molecule has 0 bridgehead atoms. The molecule has 0 aromatic heterocycles. The van der Waals surface area contributed by atoms with Crippen LogP contribution < -0.4 is 5.32 Å². The van der Waals surface area contributed by atoms with Gasteiger partial charge in [-0.3, -0.25) is 0 Å². The van der Waals surface area contributed by atoms with Crippen LogP contribution in [-0.2, 0) is 6.42 Å². The van der Waals surface area contributed by atoms with E-state index in [0.717, 1.165) is 12.3 Å². The van der Waals surface area contributed by atoms with Crippen molar-refractivity contribution in [3.05, 3.63) is 35.4 Å². The van der Waals surface area contributed by atoms with Crippen molar-refractivity contribution in [1.29, 1.82) is 0 Å². The Morgan fingerprint density at radius 3 is 2.26 bits per heavy atom. The molecule has 1 aromatic rings. The lowest BCUT2D eigenvalue weighted by molar-refractivity contribution is 0.371. The monoisotopic (exact) mass is 259 g/mol. The molecule has 1 aliphatic rings. The van der Waals surface area contributed by atoms with Crippen LogP contribution in [-0.4, -0.2) is 6.54 Å². The second kappa shape index (κ2) is 7.09. The van der Waals surface area contributed by atoms with Gasteiger partial charge in [0.15, 0.2) is 0 Å². The Morgan fingerprint density at radius 1 is 1.11 bits per heavy atom. The molecule has 19 heavy (non-hydrogen) atoms. The maximum absolute atomic E-state index is 3.81. The van der Waals surface area contributed by atoms with E-state index in [9.17, 15) is 0 Å². The molecule has 0 aliphatic heterocycles. The second-order valence-electron chi connectivity index (χ2n) is 6.38. The first-order valence-electron chi connectivity index (χ1n) is 8.03. The molecule has 1 aliphatic carbocycles. The Morgan fingerprint density at radius 2 is 1.74 bits per heavy atom. The zero-order chi connectivity index (χ0) is 13.7. The van der Waals surface area contributed by atoms with Gasteiger partial charge in [0.2, 0.25) is 0 Å². The standard InChI is InChI=1S/C18H29N/c1-4-15-9-11-17(12-10-15)18(14(2)3)19-13-16-7-5-6-8-16/h9-12,14,16,18-19H,4-8,13H2,1-3H3. The Bertz CT molecular complexity index is 360. The lowest BCUT2D eigenvalue weighted by Gasteiger charge is -2.25. The molecule has 1 fully saturated rings. The average Bonchev–Trinajstić information content (AvgIpc) is 2.92. The van der Waals surface area contributed by atoms with Crippen LogP contribution in [0.15, 0.2) is 24.3 Å². The molecule has 1 aromatic carbocycles. The van der Waals surface area contributed by atoms with E-state index in [-0.39, 0.29) is 0 Å². The van der Waals surface area contributed by atoms with E-state index < -0.39 is 0 Å². The van der Waals surface area contributed by atoms with Crippen molar-refractivity contribution >= 4 is 0 Å². The van der Waals surface area contributed by atoms with E-state index in [1.54, 1.807) is 0 Å². The molecule has 1 atom stereocenters. The van der Waals surface area contributed by atoms with Crippen LogP contribution in [0.3, 0.4) is 0 Å². The summed E-state index contributed by atoms with van der Waals surface area (Å²) in [5, 5.41) is 3.81. The Hall–Kier alpha value is -0.820. The molecule has 0 radical (unpaired) electrons. The summed E-state index contributed by atoms with van der Waals surface area (Å²) < 4.78 is 0. The van der Waals surface area contributed by atoms with Gasteiger partial charge in [-0.25, -0.2) is 0 Å². The van der Waals surface area contributed by atoms with Gasteiger partial charge in [0.05, 0.1) is 0 Å². The van der Waals surface area contributed by atoms with Gasteiger partial charge in [-0.2, -0.15) is 0 Å². The molecule has 0 amide bonds. The maximum Gasteiger partial charge on any atom is 0.0343 e. The molecule has 1 N–H and O–H groups in total. The SMILES string of the molecule is CCc1ccc(C(NCC2CCCC2)C(C)C)cc1. The third kappa shape index (κ3) is 4.07. The van der Waals surface area contributed by atoms with Gasteiger partial charge in [0, 0.05) is 6.04 Å². The molecule has 0 saturated heterocycles. The first-order chi connectivity index (χ1) is 9.20. The predicted octanol–water partition coefficient (Wildman–Crippen LogP) is 4.73. The van der Waals surface area contributed by atoms with Crippen LogP contribution in [0.2, 0.25) is 0 Å². The van der Waals surface area contributed by atoms with Crippen molar-refractivity contribution in [2.45, 2.75) is 58.9 Å². The quantitative estimate of drug-likeness (QED) is 0.779. The van der Waals surface area contributed by atoms with E-state index in [0.29, 0.717) is 12.0 Å². The molecule has 1 heteroatoms. The second-order valence-corrected chi connectivity index (χ2v) is 6.38. The Balaban J connectivity index is 1.97. The van der Waals surface area contributed by atoms with Crippen molar-refractivity contribution in [3.8, 4) is 0 Å². The minimum Gasteiger partial charge on any atom is -0.309 e. The fraction of sp³-hybridized carbons (Fsp3) is 0.667. The summed E-state index contributed by atoms with van der Waals surface area (Å²) in [5.41, 5.74) is 2.88. The number of nitrogens with one attached hydrogen (secondary N) is 1. The fourth-order valence-electron chi connectivity index (χ4n) is 3.21. The zero-order valence-corrected chi connectivity index (χ0v) is 12.8. The van der Waals surface area contributed by atoms with Crippen molar-refractivity contribution in [2.24, 2.45) is 11.8 Å². The number of rotatable bonds is 6. The smallest absolute Gasteiger partial charge is 0.0343 e. The van der Waals surface area contributed by atoms with E-state index in [1.165, 1.54) is 43.4 Å². The van der Waals surface area contributed by atoms with Crippen molar-refractivity contribution in [2.75, 3.05) is 6.54 Å². The average molecular weight is 259 g/mol. The van der Waals surface area contributed by atoms with Gasteiger partial charge in [0.1, 0.15) is 0 Å². The summed E-state index contributed by atoms with van der Waals surface area (Å²) in [5.74, 6) is 1.56. The largest absolute Gasteiger partial charge is 0.309 e. The number of aryl methyl sites for hydroxylation is 1. The summed E-state index contributed by atoms with van der Waals surface area (Å²) >= 11 is 0. The van der Waals surface area contributed by atoms with Crippen LogP contribution in [0.4, 0.5) is 0 Å². The molecule has 106 valence electrons. The highest BCUT2D eigenvalue weighted by Gasteiger charge is 2.19. The molecule has 1 saturated carbocycles. The highest BCUT2D eigenvalue weighted by Crippen LogP contribution is 2.27. The summed E-state index contributed by atoms with van der Waals surface area (Å²) in [7, 11) is 0. The van der Waals surface area contributed by atoms with E-state index in [2.05, 4.69) is 50.4 Å². The molecule has 1 unspecified atom stereocenters. The summed E-state index contributed by atoms with van der Waals surface area (Å²) in [6.07, 6.45) is 6.84. The number of benzene rings is 1. The van der Waals surface area contributed by atoms with Gasteiger partial charge in [-0.15, -0.1) is 0 Å². The highest BCUT2D eigenvalue weighted by atomic mass is 14.9. The van der Waals surface area contributed by atoms with Gasteiger partial charge in [-0.05, 0) is 48.8 Å². The summed E-state index contributed by atoms with van der Waals surface area (Å²) in [6.45, 7) is 8.05. The van der Waals surface area contributed by atoms with Gasteiger partial charge in [-0.1, -0.05) is 57.9 Å². The Labute approximate surface area is 118 Å². The molecule has 0 spiro atoms. The molecule has 2 rings (SSSR count). The minimum absolute atomic E-state index is 0.506. The van der Waals surface area contributed by atoms with E-state index >= 15 is 0 Å². The fourth-order valence-corrected chi connectivity index (χ4v) is 3.21. The minimum atomic E-state index is 0.506. The third-order valence-electron chi connectivity index (χ3n) is 4.51. The highest BCUT2D eigenvalue weighted by molar-refractivity contribution is 5.25. The van der Waals surface area contributed by atoms with Gasteiger partial charge in [0.25, 0.3) is 0 Å². The molecular formula is C18H29N. The number of hydrogen-bond acceptors (Lipinski definition) is 1. The zero-order valence-electron chi connectivity index (χ0n) is 12.8. The topological polar surface area (TPSA) is 12.0 Å². The summed E-state index contributed by atoms with van der Waals surface area (Å²) in [6, 6.07) is 9.69. The van der Waals surface area contributed by atoms with Crippen LogP contribution in [0.1, 0.15) is 63.6 Å². The van der Waals surface area contributed by atoms with Crippen LogP contribution in [0.25, 0.3) is 0 Å². The van der Waals surface area contributed by atoms with Crippen LogP contribution in [0.5, 0.6) is 0 Å². The lowest BCUT2D eigenvalue weighted by Crippen LogP contribution is -2.29. The van der Waals surface area contributed by atoms with Crippen molar-refractivity contribution in [3.63, 3.8) is 0 Å². The van der Waals surface area contributed by atoms with Gasteiger partial charge >= 0.3 is 0 Å². The Kier molecular flexibility index (Phi) is 5.45. The molecular weight excluding hydrogens is 230 g/mol. The maximum atomic E-state index is 3.81. The first-order valence-corrected chi connectivity index (χ1v) is 8.03. The first kappa shape index (κ1) is 14.6. The molecule has 1 nitrogen and oxygen atoms in total. The van der Waals surface area contributed by atoms with Crippen molar-refractivity contribution in [1.82, 2.24) is 5.32 Å². The predicted molar refractivity (Wildman–Crippen MR) is 83.4 cm³/mol. The van der Waals surface area contributed by atoms with Gasteiger partial charge < -0.3 is 5.32 Å². The number of hydrogen-bond donors (Lipinski definition) is 1. The third-order valence-corrected chi connectivity index (χ3v) is 4.51. The summed E-state index contributed by atoms with van der Waals surface area (Å²) in [4.78, 5) is 0. The van der Waals surface area contributed by atoms with Crippen LogP contribution >= 0.6 is 0 Å². The normalized spacial score (nSPS) is 18.1. The van der Waals surface area contributed by atoms with Crippen LogP contribution in [0, 0.1) is 11.8 Å². The van der Waals surface area contributed by atoms with Crippen molar-refractivity contribution < 1.29 is 0 Å².